The quantitative estimate of drug-likeness (QED) is 0.700. The van der Waals surface area contributed by atoms with Gasteiger partial charge in [0.1, 0.15) is 0 Å². The fraction of sp³-hybridized carbons (Fsp3) is 0.769. The lowest BCUT2D eigenvalue weighted by atomic mass is 9.94. The molecule has 0 aliphatic heterocycles. The van der Waals surface area contributed by atoms with E-state index >= 15 is 0 Å². The second-order valence-electron chi connectivity index (χ2n) is 5.20. The zero-order valence-electron chi connectivity index (χ0n) is 10.5. The summed E-state index contributed by atoms with van der Waals surface area (Å²) < 4.78 is 0. The van der Waals surface area contributed by atoms with Gasteiger partial charge in [-0.25, -0.2) is 0 Å². The van der Waals surface area contributed by atoms with Crippen LogP contribution < -0.4 is 5.32 Å². The predicted octanol–water partition coefficient (Wildman–Crippen LogP) is 2.78. The molecule has 1 atom stereocenters. The highest BCUT2D eigenvalue weighted by Gasteiger charge is 2.18. The molecule has 2 N–H and O–H groups in total. The van der Waals surface area contributed by atoms with Crippen LogP contribution in [0.4, 0.5) is 0 Å². The number of carboxylic acid groups (broad SMARTS) is 1. The van der Waals surface area contributed by atoms with Crippen molar-refractivity contribution in [3.8, 4) is 0 Å². The smallest absolute Gasteiger partial charge is 0.303 e. The number of carbonyl (C=O) groups is 1. The summed E-state index contributed by atoms with van der Waals surface area (Å²) in [5, 5.41) is 12.2. The van der Waals surface area contributed by atoms with Crippen LogP contribution in [-0.4, -0.2) is 17.6 Å². The maximum Gasteiger partial charge on any atom is 0.303 e. The Balaban J connectivity index is 2.36. The Bertz CT molecular complexity index is 276. The number of allylic oxidation sites excluding steroid dienone is 2. The SMILES string of the molecule is CC(NCC(CC(=O)O)CC(C)C)=C1CC1. The molecule has 0 aromatic rings. The van der Waals surface area contributed by atoms with E-state index in [0.717, 1.165) is 13.0 Å². The molecule has 0 aromatic carbocycles. The highest BCUT2D eigenvalue weighted by atomic mass is 16.4. The molecule has 0 amide bonds. The molecule has 0 bridgehead atoms. The molecule has 1 fully saturated rings. The lowest BCUT2D eigenvalue weighted by Crippen LogP contribution is -2.24. The van der Waals surface area contributed by atoms with Crippen LogP contribution in [0.15, 0.2) is 11.3 Å². The van der Waals surface area contributed by atoms with Crippen molar-refractivity contribution in [1.29, 1.82) is 0 Å². The molecule has 92 valence electrons. The Kier molecular flexibility index (Phi) is 4.84. The molecule has 3 heteroatoms. The van der Waals surface area contributed by atoms with E-state index < -0.39 is 5.97 Å². The number of hydrogen-bond donors (Lipinski definition) is 2. The first-order valence-electron chi connectivity index (χ1n) is 6.13. The molecule has 16 heavy (non-hydrogen) atoms. The summed E-state index contributed by atoms with van der Waals surface area (Å²) in [4.78, 5) is 10.7. The van der Waals surface area contributed by atoms with Crippen LogP contribution >= 0.6 is 0 Å². The minimum absolute atomic E-state index is 0.242. The van der Waals surface area contributed by atoms with Crippen LogP contribution in [0.25, 0.3) is 0 Å². The molecule has 1 aliphatic rings. The summed E-state index contributed by atoms with van der Waals surface area (Å²) in [5.41, 5.74) is 2.76. The Morgan fingerprint density at radius 1 is 1.44 bits per heavy atom. The third kappa shape index (κ3) is 5.19. The molecule has 0 aromatic heterocycles. The van der Waals surface area contributed by atoms with Gasteiger partial charge in [0.05, 0.1) is 0 Å². The van der Waals surface area contributed by atoms with Crippen LogP contribution in [-0.2, 0) is 4.79 Å². The van der Waals surface area contributed by atoms with Gasteiger partial charge in [0, 0.05) is 18.7 Å². The lowest BCUT2D eigenvalue weighted by molar-refractivity contribution is -0.138. The summed E-state index contributed by atoms with van der Waals surface area (Å²) in [5.74, 6) is 0.107. The summed E-state index contributed by atoms with van der Waals surface area (Å²) >= 11 is 0. The van der Waals surface area contributed by atoms with Gasteiger partial charge in [-0.1, -0.05) is 19.4 Å². The Morgan fingerprint density at radius 3 is 2.50 bits per heavy atom. The fourth-order valence-electron chi connectivity index (χ4n) is 2.01. The number of nitrogens with one attached hydrogen (secondary N) is 1. The molecule has 1 rings (SSSR count). The highest BCUT2D eigenvalue weighted by Crippen LogP contribution is 2.30. The van der Waals surface area contributed by atoms with E-state index in [9.17, 15) is 4.79 Å². The van der Waals surface area contributed by atoms with Crippen molar-refractivity contribution in [2.24, 2.45) is 11.8 Å². The van der Waals surface area contributed by atoms with Crippen molar-refractivity contribution >= 4 is 5.97 Å². The van der Waals surface area contributed by atoms with E-state index in [1.54, 1.807) is 0 Å². The van der Waals surface area contributed by atoms with Crippen molar-refractivity contribution in [1.82, 2.24) is 5.32 Å². The fourth-order valence-corrected chi connectivity index (χ4v) is 2.01. The highest BCUT2D eigenvalue weighted by molar-refractivity contribution is 5.67. The van der Waals surface area contributed by atoms with Gasteiger partial charge in [0.25, 0.3) is 0 Å². The molecule has 1 saturated carbocycles. The molecular formula is C13H23NO2. The van der Waals surface area contributed by atoms with Crippen LogP contribution in [0.2, 0.25) is 0 Å². The minimum Gasteiger partial charge on any atom is -0.481 e. The van der Waals surface area contributed by atoms with Crippen molar-refractivity contribution in [3.05, 3.63) is 11.3 Å². The topological polar surface area (TPSA) is 49.3 Å². The maximum absolute atomic E-state index is 10.7. The van der Waals surface area contributed by atoms with Crippen molar-refractivity contribution in [3.63, 3.8) is 0 Å². The van der Waals surface area contributed by atoms with Crippen LogP contribution in [0.5, 0.6) is 0 Å². The molecule has 1 aliphatic carbocycles. The second kappa shape index (κ2) is 5.92. The number of rotatable bonds is 7. The molecule has 0 spiro atoms. The molecule has 3 nitrogen and oxygen atoms in total. The third-order valence-corrected chi connectivity index (χ3v) is 2.95. The van der Waals surface area contributed by atoms with Gasteiger partial charge in [-0.15, -0.1) is 0 Å². The van der Waals surface area contributed by atoms with Crippen LogP contribution in [0, 0.1) is 11.8 Å². The van der Waals surface area contributed by atoms with Gasteiger partial charge in [-0.05, 0) is 38.0 Å². The second-order valence-corrected chi connectivity index (χ2v) is 5.20. The van der Waals surface area contributed by atoms with Gasteiger partial charge < -0.3 is 10.4 Å². The Labute approximate surface area is 97.9 Å². The summed E-state index contributed by atoms with van der Waals surface area (Å²) in [7, 11) is 0. The zero-order valence-corrected chi connectivity index (χ0v) is 10.5. The first-order valence-corrected chi connectivity index (χ1v) is 6.13. The Morgan fingerprint density at radius 2 is 2.06 bits per heavy atom. The van der Waals surface area contributed by atoms with Crippen LogP contribution in [0.1, 0.15) is 46.5 Å². The van der Waals surface area contributed by atoms with Gasteiger partial charge in [0.15, 0.2) is 0 Å². The van der Waals surface area contributed by atoms with Gasteiger partial charge in [-0.2, -0.15) is 0 Å². The lowest BCUT2D eigenvalue weighted by Gasteiger charge is -2.18. The molecule has 0 heterocycles. The zero-order chi connectivity index (χ0) is 12.1. The Hall–Kier alpha value is -0.990. The van der Waals surface area contributed by atoms with Crippen molar-refractivity contribution in [2.75, 3.05) is 6.54 Å². The maximum atomic E-state index is 10.7. The average Bonchev–Trinajstić information content (AvgIpc) is 2.94. The third-order valence-electron chi connectivity index (χ3n) is 2.95. The standard InChI is InChI=1S/C13H23NO2/c1-9(2)6-11(7-13(15)16)8-14-10(3)12-4-5-12/h9,11,14H,4-8H2,1-3H3,(H,15,16). The van der Waals surface area contributed by atoms with E-state index in [1.165, 1.54) is 24.1 Å². The minimum atomic E-state index is -0.691. The summed E-state index contributed by atoms with van der Waals surface area (Å²) in [6.07, 6.45) is 3.68. The van der Waals surface area contributed by atoms with Gasteiger partial charge >= 0.3 is 5.97 Å². The summed E-state index contributed by atoms with van der Waals surface area (Å²) in [6.45, 7) is 7.16. The largest absolute Gasteiger partial charge is 0.481 e. The van der Waals surface area contributed by atoms with E-state index in [4.69, 9.17) is 5.11 Å². The van der Waals surface area contributed by atoms with E-state index in [1.807, 2.05) is 0 Å². The van der Waals surface area contributed by atoms with E-state index in [0.29, 0.717) is 5.92 Å². The first kappa shape index (κ1) is 13.1. The first-order chi connectivity index (χ1) is 7.49. The van der Waals surface area contributed by atoms with E-state index in [-0.39, 0.29) is 12.3 Å². The number of hydrogen-bond acceptors (Lipinski definition) is 2. The van der Waals surface area contributed by atoms with Crippen LogP contribution in [0.3, 0.4) is 0 Å². The van der Waals surface area contributed by atoms with Gasteiger partial charge in [0.2, 0.25) is 0 Å². The van der Waals surface area contributed by atoms with Crippen molar-refractivity contribution < 1.29 is 9.90 Å². The summed E-state index contributed by atoms with van der Waals surface area (Å²) in [6, 6.07) is 0. The normalized spacial score (nSPS) is 16.1. The van der Waals surface area contributed by atoms with Crippen molar-refractivity contribution in [2.45, 2.75) is 46.5 Å². The number of aliphatic carboxylic acids is 1. The average molecular weight is 225 g/mol. The molecule has 0 radical (unpaired) electrons. The van der Waals surface area contributed by atoms with Gasteiger partial charge in [-0.3, -0.25) is 4.79 Å². The molecular weight excluding hydrogens is 202 g/mol. The monoisotopic (exact) mass is 225 g/mol. The number of carboxylic acids is 1. The molecule has 0 saturated heterocycles. The molecule has 1 unspecified atom stereocenters. The predicted molar refractivity (Wildman–Crippen MR) is 65.1 cm³/mol. The van der Waals surface area contributed by atoms with E-state index in [2.05, 4.69) is 26.1 Å².